The molecule has 1 aliphatic heterocycles. The number of halogens is 1. The van der Waals surface area contributed by atoms with Crippen molar-refractivity contribution in [3.63, 3.8) is 0 Å². The van der Waals surface area contributed by atoms with Crippen LogP contribution in [0.15, 0.2) is 34.9 Å². The van der Waals surface area contributed by atoms with Crippen molar-refractivity contribution in [2.24, 2.45) is 5.92 Å². The van der Waals surface area contributed by atoms with E-state index >= 15 is 0 Å². The quantitative estimate of drug-likeness (QED) is 0.706. The highest BCUT2D eigenvalue weighted by Gasteiger charge is 2.30. The Labute approximate surface area is 166 Å². The SMILES string of the molecule is Cc1noc2nc(-c3ccc(F)cc3)cc(C(=O)N3CCC(CCC(=O)O)C3)c12. The fourth-order valence-corrected chi connectivity index (χ4v) is 3.78. The van der Waals surface area contributed by atoms with Gasteiger partial charge in [0.1, 0.15) is 5.82 Å². The number of fused-ring (bicyclic) bond motifs is 1. The number of aliphatic carboxylic acids is 1. The third kappa shape index (κ3) is 3.83. The van der Waals surface area contributed by atoms with Crippen LogP contribution in [-0.4, -0.2) is 45.1 Å². The number of benzene rings is 1. The van der Waals surface area contributed by atoms with Crippen molar-refractivity contribution in [1.82, 2.24) is 15.0 Å². The number of carbonyl (C=O) groups is 2. The molecule has 0 aliphatic carbocycles. The summed E-state index contributed by atoms with van der Waals surface area (Å²) in [5.74, 6) is -1.17. The van der Waals surface area contributed by atoms with Crippen LogP contribution in [0.2, 0.25) is 0 Å². The Morgan fingerprint density at radius 2 is 2.07 bits per heavy atom. The summed E-state index contributed by atoms with van der Waals surface area (Å²) in [4.78, 5) is 30.3. The molecule has 1 fully saturated rings. The number of hydrogen-bond acceptors (Lipinski definition) is 5. The average molecular weight is 397 g/mol. The molecule has 1 aromatic carbocycles. The molecule has 150 valence electrons. The first-order valence-electron chi connectivity index (χ1n) is 9.46. The molecule has 7 nitrogen and oxygen atoms in total. The lowest BCUT2D eigenvalue weighted by atomic mass is 10.0. The fourth-order valence-electron chi connectivity index (χ4n) is 3.78. The van der Waals surface area contributed by atoms with Crippen LogP contribution < -0.4 is 0 Å². The van der Waals surface area contributed by atoms with E-state index in [1.54, 1.807) is 30.0 Å². The Morgan fingerprint density at radius 3 is 2.79 bits per heavy atom. The van der Waals surface area contributed by atoms with E-state index in [0.717, 1.165) is 6.42 Å². The molecule has 3 heterocycles. The molecule has 2 aromatic heterocycles. The van der Waals surface area contributed by atoms with Crippen molar-refractivity contribution in [3.8, 4) is 11.3 Å². The summed E-state index contributed by atoms with van der Waals surface area (Å²) in [5.41, 5.74) is 2.43. The summed E-state index contributed by atoms with van der Waals surface area (Å²) >= 11 is 0. The zero-order valence-corrected chi connectivity index (χ0v) is 15.9. The van der Waals surface area contributed by atoms with Gasteiger partial charge >= 0.3 is 5.97 Å². The first-order valence-corrected chi connectivity index (χ1v) is 9.46. The normalized spacial score (nSPS) is 16.5. The molecular weight excluding hydrogens is 377 g/mol. The van der Waals surface area contributed by atoms with Crippen LogP contribution in [0.4, 0.5) is 4.39 Å². The highest BCUT2D eigenvalue weighted by molar-refractivity contribution is 6.07. The number of aromatic nitrogens is 2. The summed E-state index contributed by atoms with van der Waals surface area (Å²) in [6.07, 6.45) is 1.43. The Morgan fingerprint density at radius 1 is 1.31 bits per heavy atom. The van der Waals surface area contributed by atoms with E-state index in [-0.39, 0.29) is 29.8 Å². The number of aryl methyl sites for hydroxylation is 1. The standard InChI is InChI=1S/C21H20FN3O4/c1-12-19-16(21(28)25-9-8-13(11-25)2-7-18(26)27)10-17(23-20(19)29-24-12)14-3-5-15(22)6-4-14/h3-6,10,13H,2,7-9,11H2,1H3,(H,26,27). The fraction of sp³-hybridized carbons (Fsp3) is 0.333. The Kier molecular flexibility index (Phi) is 5.00. The predicted molar refractivity (Wildman–Crippen MR) is 103 cm³/mol. The van der Waals surface area contributed by atoms with Gasteiger partial charge in [-0.15, -0.1) is 0 Å². The molecule has 1 saturated heterocycles. The van der Waals surface area contributed by atoms with E-state index < -0.39 is 5.97 Å². The second-order valence-corrected chi connectivity index (χ2v) is 7.35. The Hall–Kier alpha value is -3.29. The van der Waals surface area contributed by atoms with E-state index in [9.17, 15) is 14.0 Å². The molecular formula is C21H20FN3O4. The lowest BCUT2D eigenvalue weighted by molar-refractivity contribution is -0.137. The third-order valence-electron chi connectivity index (χ3n) is 5.33. The van der Waals surface area contributed by atoms with Gasteiger partial charge in [0, 0.05) is 25.1 Å². The van der Waals surface area contributed by atoms with Gasteiger partial charge in [-0.2, -0.15) is 0 Å². The number of hydrogen-bond donors (Lipinski definition) is 1. The Balaban J connectivity index is 1.67. The topological polar surface area (TPSA) is 96.5 Å². The van der Waals surface area contributed by atoms with Crippen molar-refractivity contribution in [1.29, 1.82) is 0 Å². The van der Waals surface area contributed by atoms with Crippen LogP contribution in [0.5, 0.6) is 0 Å². The monoisotopic (exact) mass is 397 g/mol. The van der Waals surface area contributed by atoms with E-state index in [2.05, 4.69) is 10.1 Å². The number of likely N-dealkylation sites (tertiary alicyclic amines) is 1. The predicted octanol–water partition coefficient (Wildman–Crippen LogP) is 3.66. The van der Waals surface area contributed by atoms with Crippen LogP contribution >= 0.6 is 0 Å². The first-order chi connectivity index (χ1) is 13.9. The van der Waals surface area contributed by atoms with E-state index in [0.29, 0.717) is 47.4 Å². The minimum Gasteiger partial charge on any atom is -0.481 e. The van der Waals surface area contributed by atoms with Gasteiger partial charge in [-0.1, -0.05) is 5.16 Å². The molecule has 1 unspecified atom stereocenters. The number of rotatable bonds is 5. The summed E-state index contributed by atoms with van der Waals surface area (Å²) < 4.78 is 18.6. The molecule has 3 aromatic rings. The van der Waals surface area contributed by atoms with Gasteiger partial charge in [0.2, 0.25) is 0 Å². The highest BCUT2D eigenvalue weighted by atomic mass is 19.1. The molecule has 0 bridgehead atoms. The van der Waals surface area contributed by atoms with E-state index in [1.807, 2.05) is 0 Å². The van der Waals surface area contributed by atoms with Crippen molar-refractivity contribution in [3.05, 3.63) is 47.4 Å². The van der Waals surface area contributed by atoms with Gasteiger partial charge < -0.3 is 14.5 Å². The number of pyridine rings is 1. The van der Waals surface area contributed by atoms with E-state index in [4.69, 9.17) is 9.63 Å². The second kappa shape index (κ2) is 7.62. The minimum absolute atomic E-state index is 0.103. The largest absolute Gasteiger partial charge is 0.481 e. The second-order valence-electron chi connectivity index (χ2n) is 7.35. The van der Waals surface area contributed by atoms with Gasteiger partial charge in [-0.25, -0.2) is 9.37 Å². The number of nitrogens with zero attached hydrogens (tertiary/aromatic N) is 3. The lowest BCUT2D eigenvalue weighted by Crippen LogP contribution is -2.29. The molecule has 1 N–H and O–H groups in total. The summed E-state index contributed by atoms with van der Waals surface area (Å²) in [5, 5.41) is 13.4. The molecule has 0 saturated carbocycles. The summed E-state index contributed by atoms with van der Waals surface area (Å²) in [7, 11) is 0. The molecule has 4 rings (SSSR count). The maximum Gasteiger partial charge on any atom is 0.303 e. The molecule has 1 atom stereocenters. The van der Waals surface area contributed by atoms with Crippen molar-refractivity contribution >= 4 is 23.0 Å². The van der Waals surface area contributed by atoms with Crippen molar-refractivity contribution < 1.29 is 23.6 Å². The van der Waals surface area contributed by atoms with Crippen molar-refractivity contribution in [2.75, 3.05) is 13.1 Å². The highest BCUT2D eigenvalue weighted by Crippen LogP contribution is 2.30. The van der Waals surface area contributed by atoms with Gasteiger partial charge in [-0.3, -0.25) is 9.59 Å². The average Bonchev–Trinajstić information content (AvgIpc) is 3.33. The van der Waals surface area contributed by atoms with Gasteiger partial charge in [0.05, 0.1) is 22.3 Å². The van der Waals surface area contributed by atoms with Crippen LogP contribution in [0.3, 0.4) is 0 Å². The zero-order chi connectivity index (χ0) is 20.5. The van der Waals surface area contributed by atoms with Gasteiger partial charge in [0.25, 0.3) is 11.6 Å². The molecule has 8 heteroatoms. The van der Waals surface area contributed by atoms with Crippen LogP contribution in [0, 0.1) is 18.7 Å². The zero-order valence-electron chi connectivity index (χ0n) is 15.9. The maximum atomic E-state index is 13.3. The van der Waals surface area contributed by atoms with Crippen LogP contribution in [-0.2, 0) is 4.79 Å². The summed E-state index contributed by atoms with van der Waals surface area (Å²) in [6.45, 7) is 2.84. The number of amides is 1. The molecule has 0 spiro atoms. The smallest absolute Gasteiger partial charge is 0.303 e. The molecule has 29 heavy (non-hydrogen) atoms. The van der Waals surface area contributed by atoms with Crippen molar-refractivity contribution in [2.45, 2.75) is 26.2 Å². The first kappa shape index (κ1) is 19.0. The summed E-state index contributed by atoms with van der Waals surface area (Å²) in [6, 6.07) is 7.55. The third-order valence-corrected chi connectivity index (χ3v) is 5.33. The Bertz CT molecular complexity index is 1080. The molecule has 0 radical (unpaired) electrons. The molecule has 1 aliphatic rings. The van der Waals surface area contributed by atoms with Crippen LogP contribution in [0.1, 0.15) is 35.3 Å². The number of carboxylic acids is 1. The molecule has 1 amide bonds. The van der Waals surface area contributed by atoms with Gasteiger partial charge in [0.15, 0.2) is 0 Å². The maximum absolute atomic E-state index is 13.3. The minimum atomic E-state index is -0.824. The number of carbonyl (C=O) groups excluding carboxylic acids is 1. The number of carboxylic acid groups (broad SMARTS) is 1. The van der Waals surface area contributed by atoms with Gasteiger partial charge in [-0.05, 0) is 56.0 Å². The van der Waals surface area contributed by atoms with Crippen LogP contribution in [0.25, 0.3) is 22.4 Å². The van der Waals surface area contributed by atoms with E-state index in [1.165, 1.54) is 12.1 Å². The lowest BCUT2D eigenvalue weighted by Gasteiger charge is -2.17.